The highest BCUT2D eigenvalue weighted by atomic mass is 16.5. The Labute approximate surface area is 151 Å². The van der Waals surface area contributed by atoms with E-state index < -0.39 is 0 Å². The van der Waals surface area contributed by atoms with Crippen molar-refractivity contribution in [1.82, 2.24) is 9.80 Å². The van der Waals surface area contributed by atoms with Gasteiger partial charge in [0.25, 0.3) is 0 Å². The minimum Gasteiger partial charge on any atom is -0.496 e. The SMILES string of the molecule is CCCCC(=O)N1CCc2c(OC)ccc(N3CCN(C)CC3)c2C1. The lowest BCUT2D eigenvalue weighted by atomic mass is 9.95. The largest absolute Gasteiger partial charge is 0.496 e. The quantitative estimate of drug-likeness (QED) is 0.822. The summed E-state index contributed by atoms with van der Waals surface area (Å²) in [6.45, 7) is 7.90. The van der Waals surface area contributed by atoms with Crippen LogP contribution >= 0.6 is 0 Å². The van der Waals surface area contributed by atoms with Gasteiger partial charge in [-0.05, 0) is 32.0 Å². The second kappa shape index (κ2) is 8.09. The Hall–Kier alpha value is -1.75. The van der Waals surface area contributed by atoms with Crippen LogP contribution in [0.1, 0.15) is 37.3 Å². The smallest absolute Gasteiger partial charge is 0.222 e. The Morgan fingerprint density at radius 2 is 1.88 bits per heavy atom. The minimum absolute atomic E-state index is 0.291. The van der Waals surface area contributed by atoms with Crippen molar-refractivity contribution in [3.63, 3.8) is 0 Å². The molecule has 0 N–H and O–H groups in total. The maximum absolute atomic E-state index is 12.5. The van der Waals surface area contributed by atoms with Gasteiger partial charge in [-0.25, -0.2) is 0 Å². The molecule has 2 heterocycles. The number of likely N-dealkylation sites (N-methyl/N-ethyl adjacent to an activating group) is 1. The third kappa shape index (κ3) is 3.92. The van der Waals surface area contributed by atoms with Gasteiger partial charge in [0.15, 0.2) is 0 Å². The molecular weight excluding hydrogens is 314 g/mol. The monoisotopic (exact) mass is 345 g/mol. The predicted molar refractivity (Wildman–Crippen MR) is 101 cm³/mol. The fraction of sp³-hybridized carbons (Fsp3) is 0.650. The van der Waals surface area contributed by atoms with Gasteiger partial charge in [0, 0.05) is 62.5 Å². The van der Waals surface area contributed by atoms with Crippen LogP contribution in [0.4, 0.5) is 5.69 Å². The van der Waals surface area contributed by atoms with Crippen LogP contribution in [0, 0.1) is 0 Å². The summed E-state index contributed by atoms with van der Waals surface area (Å²) in [6.07, 6.45) is 3.60. The van der Waals surface area contributed by atoms with Gasteiger partial charge >= 0.3 is 0 Å². The first-order valence-electron chi connectivity index (χ1n) is 9.54. The lowest BCUT2D eigenvalue weighted by Crippen LogP contribution is -2.45. The van der Waals surface area contributed by atoms with Crippen molar-refractivity contribution in [1.29, 1.82) is 0 Å². The van der Waals surface area contributed by atoms with Crippen LogP contribution in [-0.4, -0.2) is 62.6 Å². The normalized spacial score (nSPS) is 18.2. The van der Waals surface area contributed by atoms with Gasteiger partial charge in [-0.1, -0.05) is 13.3 Å². The summed E-state index contributed by atoms with van der Waals surface area (Å²) in [4.78, 5) is 19.4. The summed E-state index contributed by atoms with van der Waals surface area (Å²) < 4.78 is 5.60. The summed E-state index contributed by atoms with van der Waals surface area (Å²) in [6, 6.07) is 4.28. The average molecular weight is 345 g/mol. The molecule has 1 aromatic rings. The molecule has 0 spiro atoms. The number of nitrogens with zero attached hydrogens (tertiary/aromatic N) is 3. The maximum atomic E-state index is 12.5. The Morgan fingerprint density at radius 1 is 1.12 bits per heavy atom. The molecule has 0 bridgehead atoms. The van der Waals surface area contributed by atoms with Crippen LogP contribution in [0.25, 0.3) is 0 Å². The standard InChI is InChI=1S/C20H31N3O2/c1-4-5-6-20(24)23-10-9-16-17(15-23)18(7-8-19(16)25-3)22-13-11-21(2)12-14-22/h7-8H,4-6,9-15H2,1-3H3. The summed E-state index contributed by atoms with van der Waals surface area (Å²) >= 11 is 0. The number of rotatable bonds is 5. The van der Waals surface area contributed by atoms with Crippen molar-refractivity contribution < 1.29 is 9.53 Å². The molecule has 1 aromatic carbocycles. The third-order valence-electron chi connectivity index (χ3n) is 5.50. The van der Waals surface area contributed by atoms with Gasteiger partial charge < -0.3 is 19.4 Å². The van der Waals surface area contributed by atoms with Gasteiger partial charge in [0.1, 0.15) is 5.75 Å². The van der Waals surface area contributed by atoms with Crippen LogP contribution in [0.15, 0.2) is 12.1 Å². The zero-order valence-corrected chi connectivity index (χ0v) is 15.9. The van der Waals surface area contributed by atoms with Gasteiger partial charge in [-0.3, -0.25) is 4.79 Å². The molecule has 0 unspecified atom stereocenters. The van der Waals surface area contributed by atoms with E-state index in [9.17, 15) is 4.79 Å². The average Bonchev–Trinajstić information content (AvgIpc) is 2.65. The summed E-state index contributed by atoms with van der Waals surface area (Å²) in [5.74, 6) is 1.26. The summed E-state index contributed by atoms with van der Waals surface area (Å²) in [5, 5.41) is 0. The van der Waals surface area contributed by atoms with E-state index >= 15 is 0 Å². The second-order valence-corrected chi connectivity index (χ2v) is 7.20. The summed E-state index contributed by atoms with van der Waals surface area (Å²) in [7, 11) is 3.92. The van der Waals surface area contributed by atoms with Gasteiger partial charge in [0.05, 0.1) is 7.11 Å². The Kier molecular flexibility index (Phi) is 5.84. The number of carbonyl (C=O) groups is 1. The van der Waals surface area contributed by atoms with Crippen molar-refractivity contribution in [2.24, 2.45) is 0 Å². The lowest BCUT2D eigenvalue weighted by molar-refractivity contribution is -0.132. The number of piperazine rings is 1. The number of ether oxygens (including phenoxy) is 1. The first-order chi connectivity index (χ1) is 12.1. The number of unbranched alkanes of at least 4 members (excludes halogenated alkanes) is 1. The van der Waals surface area contributed by atoms with E-state index in [-0.39, 0.29) is 0 Å². The van der Waals surface area contributed by atoms with Gasteiger partial charge in [-0.15, -0.1) is 0 Å². The van der Waals surface area contributed by atoms with Gasteiger partial charge in [0.2, 0.25) is 5.91 Å². The van der Waals surface area contributed by atoms with E-state index in [4.69, 9.17) is 4.74 Å². The van der Waals surface area contributed by atoms with E-state index in [1.54, 1.807) is 7.11 Å². The number of hydrogen-bond donors (Lipinski definition) is 0. The molecule has 0 saturated carbocycles. The van der Waals surface area contributed by atoms with Crippen LogP contribution in [-0.2, 0) is 17.8 Å². The van der Waals surface area contributed by atoms with Crippen molar-refractivity contribution in [2.45, 2.75) is 39.2 Å². The number of amides is 1. The highest BCUT2D eigenvalue weighted by molar-refractivity contribution is 5.77. The molecule has 1 saturated heterocycles. The topological polar surface area (TPSA) is 36.0 Å². The molecule has 0 atom stereocenters. The predicted octanol–water partition coefficient (Wildman–Crippen LogP) is 2.52. The number of carbonyl (C=O) groups excluding carboxylic acids is 1. The van der Waals surface area contributed by atoms with Crippen molar-refractivity contribution in [2.75, 3.05) is 51.8 Å². The fourth-order valence-electron chi connectivity index (χ4n) is 3.86. The number of anilines is 1. The first-order valence-corrected chi connectivity index (χ1v) is 9.54. The van der Waals surface area contributed by atoms with Crippen LogP contribution in [0.5, 0.6) is 5.75 Å². The molecular formula is C20H31N3O2. The molecule has 5 heteroatoms. The molecule has 0 aliphatic carbocycles. The summed E-state index contributed by atoms with van der Waals surface area (Å²) in [5.41, 5.74) is 3.87. The number of methoxy groups -OCH3 is 1. The molecule has 25 heavy (non-hydrogen) atoms. The zero-order chi connectivity index (χ0) is 17.8. The molecule has 0 aromatic heterocycles. The van der Waals surface area contributed by atoms with E-state index in [0.29, 0.717) is 12.3 Å². The fourth-order valence-corrected chi connectivity index (χ4v) is 3.86. The Morgan fingerprint density at radius 3 is 2.56 bits per heavy atom. The van der Waals surface area contributed by atoms with E-state index in [1.807, 2.05) is 4.90 Å². The third-order valence-corrected chi connectivity index (χ3v) is 5.50. The second-order valence-electron chi connectivity index (χ2n) is 7.20. The van der Waals surface area contributed by atoms with Gasteiger partial charge in [-0.2, -0.15) is 0 Å². The number of benzene rings is 1. The molecule has 3 rings (SSSR count). The molecule has 2 aliphatic heterocycles. The van der Waals surface area contributed by atoms with E-state index in [1.165, 1.54) is 16.8 Å². The Bertz CT molecular complexity index is 609. The molecule has 1 amide bonds. The number of fused-ring (bicyclic) bond motifs is 1. The maximum Gasteiger partial charge on any atom is 0.222 e. The van der Waals surface area contributed by atoms with E-state index in [2.05, 4.69) is 35.9 Å². The molecule has 1 fully saturated rings. The molecule has 5 nitrogen and oxygen atoms in total. The lowest BCUT2D eigenvalue weighted by Gasteiger charge is -2.38. The van der Waals surface area contributed by atoms with Crippen LogP contribution in [0.3, 0.4) is 0 Å². The number of hydrogen-bond acceptors (Lipinski definition) is 4. The highest BCUT2D eigenvalue weighted by Gasteiger charge is 2.27. The first kappa shape index (κ1) is 18.1. The van der Waals surface area contributed by atoms with Crippen LogP contribution in [0.2, 0.25) is 0 Å². The van der Waals surface area contributed by atoms with Crippen LogP contribution < -0.4 is 9.64 Å². The molecule has 2 aliphatic rings. The van der Waals surface area contributed by atoms with Crippen molar-refractivity contribution in [3.05, 3.63) is 23.3 Å². The molecule has 138 valence electrons. The van der Waals surface area contributed by atoms with E-state index in [0.717, 1.165) is 64.3 Å². The van der Waals surface area contributed by atoms with Crippen molar-refractivity contribution >= 4 is 11.6 Å². The zero-order valence-electron chi connectivity index (χ0n) is 15.9. The Balaban J connectivity index is 1.85. The highest BCUT2D eigenvalue weighted by Crippen LogP contribution is 2.36. The minimum atomic E-state index is 0.291. The van der Waals surface area contributed by atoms with Crippen molar-refractivity contribution in [3.8, 4) is 5.75 Å². The molecule has 0 radical (unpaired) electrons.